The third-order valence-corrected chi connectivity index (χ3v) is 30.6. The summed E-state index contributed by atoms with van der Waals surface area (Å²) in [6, 6.07) is 0. The summed E-state index contributed by atoms with van der Waals surface area (Å²) >= 11 is 202. The summed E-state index contributed by atoms with van der Waals surface area (Å²) in [5, 5.41) is 2.08. The van der Waals surface area contributed by atoms with Gasteiger partial charge in [0.2, 0.25) is 0 Å². The fraction of sp³-hybridized carbons (Fsp3) is 0.976. The highest BCUT2D eigenvalue weighted by Gasteiger charge is 2.33. The molecule has 0 amide bonds. The van der Waals surface area contributed by atoms with E-state index >= 15 is 0 Å². The molecular weight excluding hydrogens is 2210 g/mol. The molecule has 0 radical (unpaired) electrons. The lowest BCUT2D eigenvalue weighted by molar-refractivity contribution is 0.430. The van der Waals surface area contributed by atoms with Crippen LogP contribution < -0.4 is 0 Å². The molecule has 0 fully saturated rings. The predicted octanol–water partition coefficient (Wildman–Crippen LogP) is 42.0. The summed E-state index contributed by atoms with van der Waals surface area (Å²) in [4.78, 5) is -0.555. The highest BCUT2D eigenvalue weighted by atomic mass is 35.5. The fourth-order valence-electron chi connectivity index (χ4n) is 10.4. The minimum absolute atomic E-state index is 0.000982. The minimum Gasteiger partial charge on any atom is -0.127 e. The lowest BCUT2D eigenvalue weighted by atomic mass is 9.91. The third kappa shape index (κ3) is 109. The van der Waals surface area contributed by atoms with Crippen LogP contribution in [0.4, 0.5) is 0 Å². The van der Waals surface area contributed by atoms with Gasteiger partial charge in [0.25, 0.3) is 0 Å². The molecule has 0 aromatic carbocycles. The maximum Gasteiger partial charge on any atom is 0.0527 e. The zero-order valence-corrected chi connectivity index (χ0v) is 97.3. The van der Waals surface area contributed by atoms with Crippen LogP contribution in [0.15, 0.2) is 12.2 Å². The molecular formula is C84H150Cl34. The molecule has 24 unspecified atom stereocenters. The second kappa shape index (κ2) is 105. The highest BCUT2D eigenvalue weighted by molar-refractivity contribution is 6.32. The maximum absolute atomic E-state index is 6.62. The average Bonchev–Trinajstić information content (AvgIpc) is 0.884. The monoisotopic (exact) mass is 2350 g/mol. The molecule has 0 aliphatic rings. The van der Waals surface area contributed by atoms with E-state index in [0.717, 1.165) is 205 Å². The molecule has 724 valence electrons. The molecule has 24 atom stereocenters. The largest absolute Gasteiger partial charge is 0.127 e. The molecule has 0 spiro atoms. The smallest absolute Gasteiger partial charge is 0.0527 e. The van der Waals surface area contributed by atoms with E-state index in [4.69, 9.17) is 394 Å². The van der Waals surface area contributed by atoms with E-state index in [1.807, 2.05) is 19.1 Å². The number of unbranched alkanes of at least 4 members (excludes halogenated alkanes) is 3. The number of hydrogen-bond donors (Lipinski definition) is 0. The van der Waals surface area contributed by atoms with Gasteiger partial charge in [-0.3, -0.25) is 0 Å². The van der Waals surface area contributed by atoms with Crippen molar-refractivity contribution < 1.29 is 0 Å². The first-order valence-corrected chi connectivity index (χ1v) is 58.0. The maximum atomic E-state index is 6.62. The molecule has 0 aromatic rings. The first kappa shape index (κ1) is 145. The Hall–Kier alpha value is 9.60. The SMILES string of the molecule is CCC(Cl)C/C=C/C(Cl)CCCl.CCC(Cl)CC(Cl)(CCCl)CC(Cl)CCCl.CCC(Cl)CC(Cl)C(CCCl)C(Cl)CCCl.CCC(Cl)CC(Cl)CC(Cl)CC(Cl)CC.CCC(Cl)CC(Cl)CC(Cl)CCCl.CCC(Cl)CC(Cl)CC(Cl)CCCl.CCC(Cl)CC(Cl)CC(Cl)CCCl.CCCCCCC(Cl)(CCCl)CC(Cl)CC.ClCCCl. The van der Waals surface area contributed by atoms with Gasteiger partial charge in [-0.2, -0.15) is 0 Å². The topological polar surface area (TPSA) is 0 Å². The van der Waals surface area contributed by atoms with Gasteiger partial charge in [-0.1, -0.05) is 107 Å². The molecule has 0 nitrogen and oxygen atoms in total. The van der Waals surface area contributed by atoms with Crippen molar-refractivity contribution in [1.29, 1.82) is 0 Å². The summed E-state index contributed by atoms with van der Waals surface area (Å²) < 4.78 is 0. The number of rotatable bonds is 64. The van der Waals surface area contributed by atoms with E-state index in [1.165, 1.54) is 25.7 Å². The van der Waals surface area contributed by atoms with E-state index in [0.29, 0.717) is 71.1 Å². The second-order valence-electron chi connectivity index (χ2n) is 29.0. The van der Waals surface area contributed by atoms with Gasteiger partial charge in [0.1, 0.15) is 0 Å². The summed E-state index contributed by atoms with van der Waals surface area (Å²) in [6.07, 6.45) is 37.1. The van der Waals surface area contributed by atoms with Gasteiger partial charge in [-0.15, -0.1) is 394 Å². The molecule has 0 saturated heterocycles. The molecule has 0 heterocycles. The number of alkyl halides is 34. The Morgan fingerprint density at radius 1 is 0.220 bits per heavy atom. The van der Waals surface area contributed by atoms with Crippen molar-refractivity contribution in [2.24, 2.45) is 5.92 Å². The minimum atomic E-state index is -0.386. The van der Waals surface area contributed by atoms with E-state index in [9.17, 15) is 0 Å². The van der Waals surface area contributed by atoms with Crippen molar-refractivity contribution in [2.45, 2.75) is 429 Å². The van der Waals surface area contributed by atoms with Crippen LogP contribution in [0.3, 0.4) is 0 Å². The lowest BCUT2D eigenvalue weighted by Gasteiger charge is -2.30. The zero-order valence-electron chi connectivity index (χ0n) is 71.6. The Morgan fingerprint density at radius 2 is 0.492 bits per heavy atom. The quantitative estimate of drug-likeness (QED) is 0.0323. The molecule has 0 aliphatic heterocycles. The number of allylic oxidation sites excluding steroid dienone is 2. The van der Waals surface area contributed by atoms with Crippen LogP contribution in [0, 0.1) is 5.92 Å². The summed E-state index contributed by atoms with van der Waals surface area (Å²) in [6.45, 7) is 20.8. The van der Waals surface area contributed by atoms with Crippen LogP contribution in [-0.4, -0.2) is 187 Å². The molecule has 34 heteroatoms. The van der Waals surface area contributed by atoms with Crippen molar-refractivity contribution in [3.05, 3.63) is 12.2 Å². The van der Waals surface area contributed by atoms with Crippen LogP contribution in [0.2, 0.25) is 0 Å². The van der Waals surface area contributed by atoms with Crippen LogP contribution in [0.1, 0.15) is 307 Å². The average molecular weight is 2370 g/mol. The van der Waals surface area contributed by atoms with Gasteiger partial charge in [-0.25, -0.2) is 0 Å². The van der Waals surface area contributed by atoms with E-state index in [2.05, 4.69) is 62.3 Å². The van der Waals surface area contributed by atoms with Crippen molar-refractivity contribution in [3.8, 4) is 0 Å². The van der Waals surface area contributed by atoms with E-state index < -0.39 is 0 Å². The van der Waals surface area contributed by atoms with Crippen LogP contribution >= 0.6 is 394 Å². The van der Waals surface area contributed by atoms with Gasteiger partial charge < -0.3 is 0 Å². The summed E-state index contributed by atoms with van der Waals surface area (Å²) in [5.74, 6) is 6.52. The van der Waals surface area contributed by atoms with Crippen molar-refractivity contribution >= 4 is 394 Å². The van der Waals surface area contributed by atoms with Crippen LogP contribution in [-0.2, 0) is 0 Å². The van der Waals surface area contributed by atoms with E-state index in [-0.39, 0.29) is 129 Å². The van der Waals surface area contributed by atoms with Gasteiger partial charge in [0.15, 0.2) is 0 Å². The molecule has 0 rings (SSSR count). The van der Waals surface area contributed by atoms with Gasteiger partial charge in [0.05, 0.1) is 5.38 Å². The van der Waals surface area contributed by atoms with Crippen molar-refractivity contribution in [1.82, 2.24) is 0 Å². The van der Waals surface area contributed by atoms with Crippen LogP contribution in [0.25, 0.3) is 0 Å². The first-order chi connectivity index (χ1) is 55.5. The Labute approximate surface area is 895 Å². The molecule has 0 N–H and O–H groups in total. The molecule has 0 aliphatic carbocycles. The first-order valence-electron chi connectivity index (χ1n) is 42.2. The highest BCUT2D eigenvalue weighted by Crippen LogP contribution is 2.38. The second-order valence-corrected chi connectivity index (χ2v) is 47.5. The Balaban J connectivity index is -0.000000164. The molecule has 0 bridgehead atoms. The number of hydrogen-bond acceptors (Lipinski definition) is 0. The summed E-state index contributed by atoms with van der Waals surface area (Å²) in [5.41, 5.74) is 0. The third-order valence-electron chi connectivity index (χ3n) is 18.0. The Bertz CT molecular complexity index is 1860. The van der Waals surface area contributed by atoms with Crippen molar-refractivity contribution in [2.75, 3.05) is 64.7 Å². The molecule has 0 aromatic heterocycles. The van der Waals surface area contributed by atoms with E-state index in [1.54, 1.807) is 0 Å². The van der Waals surface area contributed by atoms with Crippen LogP contribution in [0.5, 0.6) is 0 Å². The van der Waals surface area contributed by atoms with Gasteiger partial charge in [0, 0.05) is 182 Å². The van der Waals surface area contributed by atoms with Gasteiger partial charge in [-0.05, 0) is 218 Å². The van der Waals surface area contributed by atoms with Crippen molar-refractivity contribution in [3.63, 3.8) is 0 Å². The Kier molecular flexibility index (Phi) is 130. The fourth-order valence-corrected chi connectivity index (χ4v) is 22.5. The summed E-state index contributed by atoms with van der Waals surface area (Å²) in [7, 11) is 0. The number of halogens is 34. The molecule has 0 saturated carbocycles. The molecule has 118 heavy (non-hydrogen) atoms. The standard InChI is InChI=1S/C13H25Cl3.2C11H19Cl5.C11H20Cl4.3C9H16Cl4.C9H15Cl3.C2H4Cl2/c1-3-5-6-7-8-13(16,9-10-14)11-12(15)4-2;1-2-9(14)7-11(16,4-6-13)8-10(15)3-5-12;1-2-8(14)7-11(16)9(3-5-12)10(15)4-6-13;1-3-8(12)5-10(14)7-11(15)6-9(13)4-2;3*1-2-7(11)5-9(13)6-8(12)3-4-10;1-2-8(11)4-3-5-9(12)6-7-10;3-1-2-4/h12H,3-11H2,1-2H3;9-10H,2-8H2,1H3;8-11H,2-7H2,1H3;8-11H,3-7H2,1-2H3;3*7-9H,2-6H2,1H3;3,5,8-9H,2,4,6-7H2,1H3;1-2H2/b;;;;;;;5-3+;. The zero-order chi connectivity index (χ0) is 93.1. The van der Waals surface area contributed by atoms with Gasteiger partial charge >= 0.3 is 0 Å². The lowest BCUT2D eigenvalue weighted by Crippen LogP contribution is -2.30. The predicted molar refractivity (Wildman–Crippen MR) is 578 cm³/mol. The Morgan fingerprint density at radius 3 is 0.780 bits per heavy atom. The normalized spacial score (nSPS) is 18.0.